The number of nitrogens with one attached hydrogen (secondary N) is 1. The first kappa shape index (κ1) is 20.9. The van der Waals surface area contributed by atoms with Gasteiger partial charge in [-0.2, -0.15) is 0 Å². The van der Waals surface area contributed by atoms with Crippen molar-refractivity contribution in [2.24, 2.45) is 0 Å². The largest absolute Gasteiger partial charge is 0.507 e. The average Bonchev–Trinajstić information content (AvgIpc) is 2.65. The number of rotatable bonds is 9. The molecular weight excluding hydrogens is 368 g/mol. The highest BCUT2D eigenvalue weighted by Gasteiger charge is 2.12. The van der Waals surface area contributed by atoms with Gasteiger partial charge in [-0.05, 0) is 61.6 Å². The fourth-order valence-corrected chi connectivity index (χ4v) is 3.30. The minimum absolute atomic E-state index is 0.250. The molecule has 2 aromatic rings. The molecule has 2 rings (SSSR count). The third kappa shape index (κ3) is 6.09. The number of aliphatic hydroxyl groups is 1. The van der Waals surface area contributed by atoms with E-state index in [1.807, 2.05) is 36.6 Å². The van der Waals surface area contributed by atoms with Gasteiger partial charge in [0.1, 0.15) is 5.75 Å². The van der Waals surface area contributed by atoms with Crippen LogP contribution in [-0.2, 0) is 0 Å². The summed E-state index contributed by atoms with van der Waals surface area (Å²) < 4.78 is 0. The zero-order valence-corrected chi connectivity index (χ0v) is 17.0. The number of halogens is 1. The van der Waals surface area contributed by atoms with Crippen molar-refractivity contribution >= 4 is 29.1 Å². The van der Waals surface area contributed by atoms with E-state index in [1.165, 1.54) is 11.8 Å². The van der Waals surface area contributed by atoms with E-state index in [2.05, 4.69) is 24.2 Å². The Bertz CT molecular complexity index is 697. The van der Waals surface area contributed by atoms with Crippen LogP contribution >= 0.6 is 23.4 Å². The first-order chi connectivity index (χ1) is 12.4. The van der Waals surface area contributed by atoms with Crippen LogP contribution in [0.15, 0.2) is 47.4 Å². The Hall–Kier alpha value is -1.40. The van der Waals surface area contributed by atoms with Gasteiger partial charge in [0, 0.05) is 41.8 Å². The molecule has 0 aliphatic rings. The van der Waals surface area contributed by atoms with Crippen molar-refractivity contribution in [2.45, 2.75) is 30.4 Å². The second-order valence-corrected chi connectivity index (χ2v) is 7.73. The molecule has 142 valence electrons. The van der Waals surface area contributed by atoms with E-state index in [0.717, 1.165) is 34.1 Å². The summed E-state index contributed by atoms with van der Waals surface area (Å²) in [5.74, 6) is 0.250. The van der Waals surface area contributed by atoms with E-state index in [9.17, 15) is 10.2 Å². The quantitative estimate of drug-likeness (QED) is 0.553. The van der Waals surface area contributed by atoms with Gasteiger partial charge >= 0.3 is 0 Å². The minimum atomic E-state index is -0.599. The first-order valence-corrected chi connectivity index (χ1v) is 10.3. The monoisotopic (exact) mass is 394 g/mol. The minimum Gasteiger partial charge on any atom is -0.507 e. The van der Waals surface area contributed by atoms with E-state index in [0.29, 0.717) is 6.54 Å². The Morgan fingerprint density at radius 3 is 2.54 bits per heavy atom. The molecule has 0 aromatic heterocycles. The average molecular weight is 395 g/mol. The number of phenolic OH excluding ortho intramolecular Hbond substituents is 1. The van der Waals surface area contributed by atoms with Gasteiger partial charge in [-0.1, -0.05) is 17.7 Å². The second kappa shape index (κ2) is 10.1. The molecule has 2 unspecified atom stereocenters. The Labute approximate surface area is 165 Å². The maximum atomic E-state index is 10.4. The maximum absolute atomic E-state index is 10.4. The smallest absolute Gasteiger partial charge is 0.129 e. The number of benzene rings is 2. The van der Waals surface area contributed by atoms with Gasteiger partial charge in [0.05, 0.1) is 6.10 Å². The van der Waals surface area contributed by atoms with Gasteiger partial charge in [-0.3, -0.25) is 0 Å². The Kier molecular flexibility index (Phi) is 8.10. The summed E-state index contributed by atoms with van der Waals surface area (Å²) in [5.41, 5.74) is 1.94. The summed E-state index contributed by atoms with van der Waals surface area (Å²) >= 11 is 7.39. The van der Waals surface area contributed by atoms with Crippen LogP contribution in [0.2, 0.25) is 5.02 Å². The number of nitrogens with zero attached hydrogens (tertiary/aromatic N) is 1. The van der Waals surface area contributed by atoms with Crippen LogP contribution in [0.4, 0.5) is 5.69 Å². The van der Waals surface area contributed by atoms with Gasteiger partial charge in [0.25, 0.3) is 0 Å². The van der Waals surface area contributed by atoms with Gasteiger partial charge in [-0.25, -0.2) is 0 Å². The third-order valence-electron chi connectivity index (χ3n) is 4.41. The normalized spacial score (nSPS) is 13.4. The summed E-state index contributed by atoms with van der Waals surface area (Å²) in [6.07, 6.45) is 2.26. The van der Waals surface area contributed by atoms with E-state index < -0.39 is 6.10 Å². The summed E-state index contributed by atoms with van der Waals surface area (Å²) in [5, 5.41) is 24.2. The summed E-state index contributed by atoms with van der Waals surface area (Å²) in [6, 6.07) is 13.3. The lowest BCUT2D eigenvalue weighted by Gasteiger charge is -2.23. The number of hydrogen-bond donors (Lipinski definition) is 3. The summed E-state index contributed by atoms with van der Waals surface area (Å²) in [4.78, 5) is 2.97. The lowest BCUT2D eigenvalue weighted by molar-refractivity contribution is 0.170. The molecule has 0 bridgehead atoms. The van der Waals surface area contributed by atoms with E-state index in [4.69, 9.17) is 11.6 Å². The van der Waals surface area contributed by atoms with Crippen molar-refractivity contribution in [2.75, 3.05) is 31.3 Å². The summed E-state index contributed by atoms with van der Waals surface area (Å²) in [7, 11) is 2.06. The van der Waals surface area contributed by atoms with Crippen molar-refractivity contribution in [1.82, 2.24) is 5.32 Å². The molecule has 4 nitrogen and oxygen atoms in total. The molecule has 0 saturated carbocycles. The Morgan fingerprint density at radius 1 is 1.19 bits per heavy atom. The fourth-order valence-electron chi connectivity index (χ4n) is 2.65. The van der Waals surface area contributed by atoms with Gasteiger partial charge in [0.15, 0.2) is 0 Å². The molecule has 0 heterocycles. The number of thioether (sulfide) groups is 1. The van der Waals surface area contributed by atoms with Gasteiger partial charge < -0.3 is 20.4 Å². The molecule has 6 heteroatoms. The Balaban J connectivity index is 1.79. The molecule has 2 aromatic carbocycles. The van der Waals surface area contributed by atoms with Crippen LogP contribution in [0.25, 0.3) is 0 Å². The number of hydrogen-bond acceptors (Lipinski definition) is 5. The lowest BCUT2D eigenvalue weighted by Crippen LogP contribution is -2.33. The van der Waals surface area contributed by atoms with Crippen LogP contribution in [-0.4, -0.2) is 42.6 Å². The van der Waals surface area contributed by atoms with Crippen LogP contribution in [0.5, 0.6) is 5.75 Å². The van der Waals surface area contributed by atoms with Crippen LogP contribution < -0.4 is 10.2 Å². The molecule has 2 atom stereocenters. The second-order valence-electron chi connectivity index (χ2n) is 6.44. The van der Waals surface area contributed by atoms with E-state index in [1.54, 1.807) is 12.1 Å². The first-order valence-electron chi connectivity index (χ1n) is 8.65. The maximum Gasteiger partial charge on any atom is 0.129 e. The highest BCUT2D eigenvalue weighted by Crippen LogP contribution is 2.29. The number of anilines is 1. The highest BCUT2D eigenvalue weighted by molar-refractivity contribution is 7.98. The van der Waals surface area contributed by atoms with Crippen LogP contribution in [0, 0.1) is 0 Å². The molecule has 0 radical (unpaired) electrons. The molecule has 0 aliphatic carbocycles. The zero-order valence-electron chi connectivity index (χ0n) is 15.4. The summed E-state index contributed by atoms with van der Waals surface area (Å²) in [6.45, 7) is 3.50. The van der Waals surface area contributed by atoms with Crippen LogP contribution in [0.1, 0.15) is 25.0 Å². The standard InChI is InChI=1S/C20H27ClN2O2S/c1-14(10-11-23(2)17-7-5-16(21)6-8-17)22-13-19(25)15-4-9-18(24)20(12-15)26-3/h4-9,12,14,19,22,24-25H,10-11,13H2,1-3H3. The third-order valence-corrected chi connectivity index (χ3v) is 5.43. The molecule has 0 amide bonds. The zero-order chi connectivity index (χ0) is 19.1. The predicted molar refractivity (Wildman–Crippen MR) is 112 cm³/mol. The fraction of sp³-hybridized carbons (Fsp3) is 0.400. The number of aromatic hydroxyl groups is 1. The molecule has 0 saturated heterocycles. The van der Waals surface area contributed by atoms with Crippen molar-refractivity contribution in [3.63, 3.8) is 0 Å². The Morgan fingerprint density at radius 2 is 1.88 bits per heavy atom. The number of aliphatic hydroxyl groups excluding tert-OH is 1. The van der Waals surface area contributed by atoms with Gasteiger partial charge in [0.2, 0.25) is 0 Å². The number of phenols is 1. The molecule has 26 heavy (non-hydrogen) atoms. The van der Waals surface area contributed by atoms with Crippen molar-refractivity contribution < 1.29 is 10.2 Å². The van der Waals surface area contributed by atoms with E-state index >= 15 is 0 Å². The topological polar surface area (TPSA) is 55.7 Å². The van der Waals surface area contributed by atoms with E-state index in [-0.39, 0.29) is 11.8 Å². The van der Waals surface area contributed by atoms with Crippen molar-refractivity contribution in [1.29, 1.82) is 0 Å². The van der Waals surface area contributed by atoms with Crippen molar-refractivity contribution in [3.8, 4) is 5.75 Å². The van der Waals surface area contributed by atoms with Crippen molar-refractivity contribution in [3.05, 3.63) is 53.1 Å². The molecule has 3 N–H and O–H groups in total. The molecular formula is C20H27ClN2O2S. The van der Waals surface area contributed by atoms with Crippen LogP contribution in [0.3, 0.4) is 0 Å². The highest BCUT2D eigenvalue weighted by atomic mass is 35.5. The predicted octanol–water partition coefficient (Wildman–Crippen LogP) is 4.31. The molecule has 0 spiro atoms. The SMILES string of the molecule is CSc1cc(C(O)CNC(C)CCN(C)c2ccc(Cl)cc2)ccc1O. The molecule has 0 fully saturated rings. The lowest BCUT2D eigenvalue weighted by atomic mass is 10.1. The molecule has 0 aliphatic heterocycles. The van der Waals surface area contributed by atoms with Gasteiger partial charge in [-0.15, -0.1) is 11.8 Å².